The van der Waals surface area contributed by atoms with E-state index in [9.17, 15) is 19.1 Å². The zero-order valence-corrected chi connectivity index (χ0v) is 15.3. The lowest BCUT2D eigenvalue weighted by Crippen LogP contribution is -2.24. The van der Waals surface area contributed by atoms with Gasteiger partial charge in [-0.15, -0.1) is 0 Å². The summed E-state index contributed by atoms with van der Waals surface area (Å²) in [7, 11) is 0. The molecule has 0 aliphatic rings. The number of carbonyl (C=O) groups is 2. The molecule has 1 heterocycles. The van der Waals surface area contributed by atoms with Gasteiger partial charge in [0.25, 0.3) is 0 Å². The van der Waals surface area contributed by atoms with Crippen molar-refractivity contribution in [2.24, 2.45) is 0 Å². The van der Waals surface area contributed by atoms with E-state index in [1.54, 1.807) is 30.3 Å². The van der Waals surface area contributed by atoms with Gasteiger partial charge in [-0.2, -0.15) is 0 Å². The maximum Gasteiger partial charge on any atom is 0.181 e. The second-order valence-electron chi connectivity index (χ2n) is 6.67. The minimum atomic E-state index is -1.27. The Balaban J connectivity index is 1.83. The fourth-order valence-electron chi connectivity index (χ4n) is 3.27. The molecular formula is C23H17FN2O3. The van der Waals surface area contributed by atoms with Gasteiger partial charge in [-0.25, -0.2) is 9.37 Å². The summed E-state index contributed by atoms with van der Waals surface area (Å²) in [5.41, 5.74) is 2.22. The summed E-state index contributed by atoms with van der Waals surface area (Å²) in [6.07, 6.45) is 0. The number of Topliss-reactive ketones (excluding diaryl/α,β-unsaturated/α-hetero) is 2. The lowest BCUT2D eigenvalue weighted by Gasteiger charge is -2.14. The molecule has 0 aliphatic heterocycles. The van der Waals surface area contributed by atoms with Gasteiger partial charge in [0.05, 0.1) is 17.6 Å². The number of para-hydroxylation sites is 2. The maximum absolute atomic E-state index is 13.7. The Morgan fingerprint density at radius 2 is 1.62 bits per heavy atom. The van der Waals surface area contributed by atoms with Crippen molar-refractivity contribution in [1.82, 2.24) is 9.97 Å². The van der Waals surface area contributed by atoms with Crippen molar-refractivity contribution in [1.29, 1.82) is 0 Å². The topological polar surface area (TPSA) is 83.1 Å². The fourth-order valence-corrected chi connectivity index (χ4v) is 3.27. The number of benzene rings is 3. The number of nitrogens with zero attached hydrogens (tertiary/aromatic N) is 1. The summed E-state index contributed by atoms with van der Waals surface area (Å²) in [6, 6.07) is 18.9. The first-order chi connectivity index (χ1) is 14.1. The number of imidazole rings is 1. The quantitative estimate of drug-likeness (QED) is 0.386. The SMILES string of the molecule is O=C(c1cccc(F)c1)C(C(=O)c1cccc(CO)c1)c1nc2ccccc2[nH]1. The number of hydrogen-bond acceptors (Lipinski definition) is 4. The van der Waals surface area contributed by atoms with Gasteiger partial charge < -0.3 is 10.1 Å². The number of aliphatic hydroxyl groups is 1. The van der Waals surface area contributed by atoms with E-state index in [1.165, 1.54) is 24.3 Å². The van der Waals surface area contributed by atoms with Crippen LogP contribution in [0.25, 0.3) is 11.0 Å². The average molecular weight is 388 g/mol. The maximum atomic E-state index is 13.7. The molecule has 0 saturated heterocycles. The Hall–Kier alpha value is -3.64. The Kier molecular flexibility index (Phi) is 5.01. The van der Waals surface area contributed by atoms with E-state index in [0.29, 0.717) is 16.6 Å². The smallest absolute Gasteiger partial charge is 0.181 e. The first-order valence-electron chi connectivity index (χ1n) is 9.05. The molecular weight excluding hydrogens is 371 g/mol. The number of H-pyrrole nitrogens is 1. The van der Waals surface area contributed by atoms with Crippen LogP contribution in [-0.2, 0) is 6.61 Å². The van der Waals surface area contributed by atoms with Crippen molar-refractivity contribution in [3.05, 3.63) is 101 Å². The number of rotatable bonds is 6. The average Bonchev–Trinajstić information content (AvgIpc) is 3.17. The van der Waals surface area contributed by atoms with Crippen LogP contribution < -0.4 is 0 Å². The lowest BCUT2D eigenvalue weighted by molar-refractivity contribution is 0.0856. The fraction of sp³-hybridized carbons (Fsp3) is 0.0870. The number of hydrogen-bond donors (Lipinski definition) is 2. The predicted octanol–water partition coefficient (Wildman–Crippen LogP) is 4.04. The number of aromatic nitrogens is 2. The molecule has 0 amide bonds. The minimum Gasteiger partial charge on any atom is -0.392 e. The van der Waals surface area contributed by atoms with Crippen molar-refractivity contribution in [3.63, 3.8) is 0 Å². The van der Waals surface area contributed by atoms with E-state index < -0.39 is 23.3 Å². The third kappa shape index (κ3) is 3.70. The Labute approximate surface area is 165 Å². The van der Waals surface area contributed by atoms with Crippen LogP contribution in [0, 0.1) is 5.82 Å². The van der Waals surface area contributed by atoms with E-state index >= 15 is 0 Å². The molecule has 0 saturated carbocycles. The normalized spacial score (nSPS) is 12.1. The Morgan fingerprint density at radius 1 is 0.931 bits per heavy atom. The van der Waals surface area contributed by atoms with Crippen LogP contribution in [0.2, 0.25) is 0 Å². The van der Waals surface area contributed by atoms with E-state index in [1.807, 2.05) is 12.1 Å². The van der Waals surface area contributed by atoms with Crippen LogP contribution in [0.5, 0.6) is 0 Å². The number of carbonyl (C=O) groups excluding carboxylic acids is 2. The van der Waals surface area contributed by atoms with Gasteiger partial charge in [-0.05, 0) is 35.9 Å². The van der Waals surface area contributed by atoms with Crippen LogP contribution >= 0.6 is 0 Å². The molecule has 0 spiro atoms. The highest BCUT2D eigenvalue weighted by Gasteiger charge is 2.33. The van der Waals surface area contributed by atoms with Gasteiger partial charge in [-0.1, -0.05) is 42.5 Å². The largest absolute Gasteiger partial charge is 0.392 e. The highest BCUT2D eigenvalue weighted by molar-refractivity contribution is 6.19. The number of aliphatic hydroxyl groups excluding tert-OH is 1. The van der Waals surface area contributed by atoms with Crippen molar-refractivity contribution in [3.8, 4) is 0 Å². The lowest BCUT2D eigenvalue weighted by atomic mass is 9.89. The molecule has 4 rings (SSSR count). The molecule has 1 unspecified atom stereocenters. The Morgan fingerprint density at radius 3 is 2.31 bits per heavy atom. The molecule has 5 nitrogen and oxygen atoms in total. The van der Waals surface area contributed by atoms with E-state index in [-0.39, 0.29) is 23.6 Å². The highest BCUT2D eigenvalue weighted by atomic mass is 19.1. The van der Waals surface area contributed by atoms with Crippen LogP contribution in [0.1, 0.15) is 38.0 Å². The zero-order chi connectivity index (χ0) is 20.4. The Bertz CT molecular complexity index is 1180. The molecule has 1 aromatic heterocycles. The predicted molar refractivity (Wildman–Crippen MR) is 106 cm³/mol. The van der Waals surface area contributed by atoms with E-state index in [2.05, 4.69) is 9.97 Å². The second-order valence-corrected chi connectivity index (χ2v) is 6.67. The van der Waals surface area contributed by atoms with Crippen molar-refractivity contribution in [2.75, 3.05) is 0 Å². The highest BCUT2D eigenvalue weighted by Crippen LogP contribution is 2.26. The third-order valence-electron chi connectivity index (χ3n) is 4.71. The van der Waals surface area contributed by atoms with E-state index in [0.717, 1.165) is 6.07 Å². The van der Waals surface area contributed by atoms with Gasteiger partial charge in [0.1, 0.15) is 17.6 Å². The van der Waals surface area contributed by atoms with Gasteiger partial charge >= 0.3 is 0 Å². The van der Waals surface area contributed by atoms with Gasteiger partial charge in [0, 0.05) is 11.1 Å². The van der Waals surface area contributed by atoms with Crippen LogP contribution in [-0.4, -0.2) is 26.6 Å². The number of fused-ring (bicyclic) bond motifs is 1. The summed E-state index contributed by atoms with van der Waals surface area (Å²) in [4.78, 5) is 34.1. The molecule has 0 radical (unpaired) electrons. The van der Waals surface area contributed by atoms with Crippen molar-refractivity contribution in [2.45, 2.75) is 12.5 Å². The second kappa shape index (κ2) is 7.77. The number of nitrogens with one attached hydrogen (secondary N) is 1. The monoisotopic (exact) mass is 388 g/mol. The van der Waals surface area contributed by atoms with Crippen LogP contribution in [0.3, 0.4) is 0 Å². The number of aromatic amines is 1. The summed E-state index contributed by atoms with van der Waals surface area (Å²) >= 11 is 0. The summed E-state index contributed by atoms with van der Waals surface area (Å²) in [5.74, 6) is -2.66. The molecule has 3 aromatic carbocycles. The van der Waals surface area contributed by atoms with Gasteiger partial charge in [-0.3, -0.25) is 9.59 Å². The summed E-state index contributed by atoms with van der Waals surface area (Å²) in [5, 5.41) is 9.37. The molecule has 0 aliphatic carbocycles. The molecule has 0 bridgehead atoms. The van der Waals surface area contributed by atoms with E-state index in [4.69, 9.17) is 0 Å². The number of ketones is 2. The molecule has 6 heteroatoms. The van der Waals surface area contributed by atoms with Gasteiger partial charge in [0.15, 0.2) is 11.6 Å². The van der Waals surface area contributed by atoms with Crippen LogP contribution in [0.4, 0.5) is 4.39 Å². The van der Waals surface area contributed by atoms with Crippen molar-refractivity contribution >= 4 is 22.6 Å². The molecule has 2 N–H and O–H groups in total. The minimum absolute atomic E-state index is 0.0853. The molecule has 144 valence electrons. The molecule has 4 aromatic rings. The first-order valence-corrected chi connectivity index (χ1v) is 9.05. The molecule has 0 fully saturated rings. The van der Waals surface area contributed by atoms with Crippen LogP contribution in [0.15, 0.2) is 72.8 Å². The summed E-state index contributed by atoms with van der Waals surface area (Å²) < 4.78 is 13.7. The standard InChI is InChI=1S/C23H17FN2O3/c24-17-8-4-7-16(12-17)22(29)20(21(28)15-6-3-5-14(11-15)13-27)23-25-18-9-1-2-10-19(18)26-23/h1-12,20,27H,13H2,(H,25,26). The molecule has 29 heavy (non-hydrogen) atoms. The third-order valence-corrected chi connectivity index (χ3v) is 4.71. The first kappa shape index (κ1) is 18.7. The number of halogens is 1. The van der Waals surface area contributed by atoms with Gasteiger partial charge in [0.2, 0.25) is 0 Å². The molecule has 1 atom stereocenters. The summed E-state index contributed by atoms with van der Waals surface area (Å²) in [6.45, 7) is -0.228. The zero-order valence-electron chi connectivity index (χ0n) is 15.3. The van der Waals surface area contributed by atoms with Crippen molar-refractivity contribution < 1.29 is 19.1 Å².